The van der Waals surface area contributed by atoms with Crippen LogP contribution in [0.25, 0.3) is 0 Å². The SMILES string of the molecule is OCCN(C1CCCCC1)C1CCOC2(CCCC2)C1. The summed E-state index contributed by atoms with van der Waals surface area (Å²) in [5.74, 6) is 0. The van der Waals surface area contributed by atoms with Gasteiger partial charge in [-0.05, 0) is 38.5 Å². The van der Waals surface area contributed by atoms with Crippen LogP contribution < -0.4 is 0 Å². The molecule has 1 N–H and O–H groups in total. The van der Waals surface area contributed by atoms with Crippen LogP contribution in [-0.2, 0) is 4.74 Å². The zero-order valence-electron chi connectivity index (χ0n) is 12.9. The highest BCUT2D eigenvalue weighted by atomic mass is 16.5. The molecule has 3 aliphatic rings. The molecule has 1 atom stereocenters. The molecule has 1 unspecified atom stereocenters. The molecule has 1 spiro atoms. The molecule has 3 nitrogen and oxygen atoms in total. The maximum absolute atomic E-state index is 9.48. The largest absolute Gasteiger partial charge is 0.395 e. The fraction of sp³-hybridized carbons (Fsp3) is 1.00. The molecule has 0 radical (unpaired) electrons. The summed E-state index contributed by atoms with van der Waals surface area (Å²) in [5, 5.41) is 9.48. The topological polar surface area (TPSA) is 32.7 Å². The quantitative estimate of drug-likeness (QED) is 0.859. The van der Waals surface area contributed by atoms with Crippen LogP contribution in [0.15, 0.2) is 0 Å². The maximum atomic E-state index is 9.48. The fourth-order valence-corrected chi connectivity index (χ4v) is 4.84. The summed E-state index contributed by atoms with van der Waals surface area (Å²) >= 11 is 0. The average Bonchev–Trinajstić information content (AvgIpc) is 2.93. The van der Waals surface area contributed by atoms with Gasteiger partial charge in [-0.1, -0.05) is 32.1 Å². The monoisotopic (exact) mass is 281 g/mol. The first kappa shape index (κ1) is 14.8. The summed E-state index contributed by atoms with van der Waals surface area (Å²) in [4.78, 5) is 2.65. The van der Waals surface area contributed by atoms with Crippen LogP contribution in [0.1, 0.15) is 70.6 Å². The Labute approximate surface area is 123 Å². The third-order valence-electron chi connectivity index (χ3n) is 5.85. The molecule has 0 aromatic heterocycles. The molecule has 0 bridgehead atoms. The minimum Gasteiger partial charge on any atom is -0.395 e. The maximum Gasteiger partial charge on any atom is 0.0697 e. The van der Waals surface area contributed by atoms with E-state index in [0.717, 1.165) is 25.6 Å². The highest BCUT2D eigenvalue weighted by Crippen LogP contribution is 2.42. The third-order valence-corrected chi connectivity index (χ3v) is 5.85. The van der Waals surface area contributed by atoms with Crippen molar-refractivity contribution >= 4 is 0 Å². The number of hydrogen-bond donors (Lipinski definition) is 1. The Bertz CT molecular complexity index is 295. The smallest absolute Gasteiger partial charge is 0.0697 e. The van der Waals surface area contributed by atoms with Crippen molar-refractivity contribution in [3.8, 4) is 0 Å². The van der Waals surface area contributed by atoms with Crippen LogP contribution in [0, 0.1) is 0 Å². The Balaban J connectivity index is 1.66. The van der Waals surface area contributed by atoms with E-state index >= 15 is 0 Å². The molecular formula is C17H31NO2. The predicted molar refractivity (Wildman–Crippen MR) is 80.8 cm³/mol. The molecular weight excluding hydrogens is 250 g/mol. The highest BCUT2D eigenvalue weighted by Gasteiger charge is 2.42. The molecule has 116 valence electrons. The summed E-state index contributed by atoms with van der Waals surface area (Å²) in [6.07, 6.45) is 14.4. The molecule has 2 saturated carbocycles. The molecule has 1 heterocycles. The summed E-state index contributed by atoms with van der Waals surface area (Å²) in [6, 6.07) is 1.37. The second kappa shape index (κ2) is 6.76. The van der Waals surface area contributed by atoms with Gasteiger partial charge >= 0.3 is 0 Å². The van der Waals surface area contributed by atoms with Gasteiger partial charge in [-0.3, -0.25) is 4.90 Å². The Morgan fingerprint density at radius 2 is 1.70 bits per heavy atom. The van der Waals surface area contributed by atoms with Gasteiger partial charge in [0.25, 0.3) is 0 Å². The fourth-order valence-electron chi connectivity index (χ4n) is 4.84. The molecule has 0 aromatic carbocycles. The van der Waals surface area contributed by atoms with Crippen LogP contribution in [0.5, 0.6) is 0 Å². The van der Waals surface area contributed by atoms with Crippen molar-refractivity contribution in [2.45, 2.75) is 88.3 Å². The van der Waals surface area contributed by atoms with Crippen molar-refractivity contribution in [3.63, 3.8) is 0 Å². The van der Waals surface area contributed by atoms with E-state index in [4.69, 9.17) is 4.74 Å². The van der Waals surface area contributed by atoms with E-state index in [1.165, 1.54) is 64.2 Å². The van der Waals surface area contributed by atoms with Crippen molar-refractivity contribution in [1.82, 2.24) is 4.90 Å². The van der Waals surface area contributed by atoms with Crippen LogP contribution in [0.3, 0.4) is 0 Å². The van der Waals surface area contributed by atoms with Gasteiger partial charge in [-0.15, -0.1) is 0 Å². The second-order valence-corrected chi connectivity index (χ2v) is 7.14. The van der Waals surface area contributed by atoms with Gasteiger partial charge in [0, 0.05) is 25.2 Å². The van der Waals surface area contributed by atoms with Gasteiger partial charge in [-0.2, -0.15) is 0 Å². The molecule has 3 heteroatoms. The Hall–Kier alpha value is -0.120. The number of hydrogen-bond acceptors (Lipinski definition) is 3. The number of aliphatic hydroxyl groups is 1. The van der Waals surface area contributed by atoms with Crippen LogP contribution in [0.2, 0.25) is 0 Å². The lowest BCUT2D eigenvalue weighted by molar-refractivity contribution is -0.110. The molecule has 0 amide bonds. The van der Waals surface area contributed by atoms with Gasteiger partial charge in [0.1, 0.15) is 0 Å². The van der Waals surface area contributed by atoms with Crippen molar-refractivity contribution in [2.75, 3.05) is 19.8 Å². The lowest BCUT2D eigenvalue weighted by atomic mass is 9.85. The van der Waals surface area contributed by atoms with Gasteiger partial charge in [-0.25, -0.2) is 0 Å². The summed E-state index contributed by atoms with van der Waals surface area (Å²) in [7, 11) is 0. The van der Waals surface area contributed by atoms with Crippen molar-refractivity contribution < 1.29 is 9.84 Å². The van der Waals surface area contributed by atoms with Gasteiger partial charge in [0.05, 0.1) is 12.2 Å². The first-order valence-electron chi connectivity index (χ1n) is 8.84. The minimum atomic E-state index is 0.200. The second-order valence-electron chi connectivity index (χ2n) is 7.14. The Morgan fingerprint density at radius 1 is 0.950 bits per heavy atom. The molecule has 0 aromatic rings. The molecule has 1 aliphatic heterocycles. The lowest BCUT2D eigenvalue weighted by Gasteiger charge is -2.46. The van der Waals surface area contributed by atoms with E-state index in [0.29, 0.717) is 12.6 Å². The molecule has 20 heavy (non-hydrogen) atoms. The predicted octanol–water partition coefficient (Wildman–Crippen LogP) is 3.11. The van der Waals surface area contributed by atoms with E-state index < -0.39 is 0 Å². The van der Waals surface area contributed by atoms with Crippen molar-refractivity contribution in [3.05, 3.63) is 0 Å². The number of rotatable bonds is 4. The Morgan fingerprint density at radius 3 is 2.40 bits per heavy atom. The van der Waals surface area contributed by atoms with Gasteiger partial charge in [0.15, 0.2) is 0 Å². The zero-order chi connectivity index (χ0) is 13.8. The first-order chi connectivity index (χ1) is 9.83. The summed E-state index contributed by atoms with van der Waals surface area (Å²) in [5.41, 5.74) is 0.200. The third kappa shape index (κ3) is 3.20. The van der Waals surface area contributed by atoms with E-state index in [1.807, 2.05) is 0 Å². The van der Waals surface area contributed by atoms with Crippen molar-refractivity contribution in [2.24, 2.45) is 0 Å². The van der Waals surface area contributed by atoms with Gasteiger partial charge in [0.2, 0.25) is 0 Å². The molecule has 1 saturated heterocycles. The number of ether oxygens (including phenoxy) is 1. The number of aliphatic hydroxyl groups excluding tert-OH is 1. The van der Waals surface area contributed by atoms with E-state index in [9.17, 15) is 5.11 Å². The summed E-state index contributed by atoms with van der Waals surface area (Å²) in [6.45, 7) is 2.10. The van der Waals surface area contributed by atoms with E-state index in [1.54, 1.807) is 0 Å². The first-order valence-corrected chi connectivity index (χ1v) is 8.84. The number of nitrogens with zero attached hydrogens (tertiary/aromatic N) is 1. The molecule has 3 rings (SSSR count). The standard InChI is InChI=1S/C17H31NO2/c19-12-11-18(15-6-2-1-3-7-15)16-8-13-20-17(14-16)9-4-5-10-17/h15-16,19H,1-14H2. The minimum absolute atomic E-state index is 0.200. The van der Waals surface area contributed by atoms with E-state index in [-0.39, 0.29) is 5.60 Å². The van der Waals surface area contributed by atoms with Crippen LogP contribution >= 0.6 is 0 Å². The Kier molecular flexibility index (Phi) is 5.00. The lowest BCUT2D eigenvalue weighted by Crippen LogP contribution is -2.52. The average molecular weight is 281 g/mol. The van der Waals surface area contributed by atoms with Crippen LogP contribution in [0.4, 0.5) is 0 Å². The van der Waals surface area contributed by atoms with E-state index in [2.05, 4.69) is 4.90 Å². The van der Waals surface area contributed by atoms with Crippen LogP contribution in [-0.4, -0.2) is 47.4 Å². The molecule has 3 fully saturated rings. The molecule has 2 aliphatic carbocycles. The zero-order valence-corrected chi connectivity index (χ0v) is 12.9. The van der Waals surface area contributed by atoms with Crippen molar-refractivity contribution in [1.29, 1.82) is 0 Å². The highest BCUT2D eigenvalue weighted by molar-refractivity contribution is 4.95. The normalized spacial score (nSPS) is 31.2. The van der Waals surface area contributed by atoms with Gasteiger partial charge < -0.3 is 9.84 Å². The summed E-state index contributed by atoms with van der Waals surface area (Å²) < 4.78 is 6.18.